The fourth-order valence-corrected chi connectivity index (χ4v) is 6.26. The molecule has 69 heavy (non-hydrogen) atoms. The SMILES string of the molecule is CCN(CC)CCNC(=O)c1c(C)[nH]c(/C=C2\C(=O)Nc3ccc(OC(C)C(=O)OC(C)C(=O)OC(C)C(=O)OC(C)C(=O)OC(C)C(=O)OC(C)C(=O)OC(C)C(=O)OC(C)C(C)=O)cc32)c1C. The van der Waals surface area contributed by atoms with Crippen LogP contribution in [0.15, 0.2) is 18.2 Å². The summed E-state index contributed by atoms with van der Waals surface area (Å²) in [5, 5.41) is 5.75. The molecule has 0 radical (unpaired) electrons. The molecule has 8 unspecified atom stereocenters. The second-order valence-electron chi connectivity index (χ2n) is 16.1. The van der Waals surface area contributed by atoms with Gasteiger partial charge >= 0.3 is 41.8 Å². The molecule has 22 heteroatoms. The Kier molecular flexibility index (Phi) is 20.6. The number of hydrogen-bond donors (Lipinski definition) is 3. The summed E-state index contributed by atoms with van der Waals surface area (Å²) < 4.78 is 40.8. The summed E-state index contributed by atoms with van der Waals surface area (Å²) in [6.07, 6.45) is -10.1. The van der Waals surface area contributed by atoms with Crippen molar-refractivity contribution in [2.45, 2.75) is 139 Å². The molecule has 3 N–H and O–H groups in total. The maximum Gasteiger partial charge on any atom is 0.347 e. The Morgan fingerprint density at radius 3 is 1.43 bits per heavy atom. The second-order valence-corrected chi connectivity index (χ2v) is 16.1. The molecular weight excluding hydrogens is 909 g/mol. The minimum atomic E-state index is -1.63. The molecule has 0 spiro atoms. The van der Waals surface area contributed by atoms with Gasteiger partial charge in [-0.1, -0.05) is 13.8 Å². The van der Waals surface area contributed by atoms with E-state index in [0.29, 0.717) is 46.9 Å². The number of carbonyl (C=O) groups is 10. The minimum absolute atomic E-state index is 0.182. The van der Waals surface area contributed by atoms with Crippen molar-refractivity contribution in [1.29, 1.82) is 0 Å². The summed E-state index contributed by atoms with van der Waals surface area (Å²) in [6, 6.07) is 4.66. The van der Waals surface area contributed by atoms with Crippen LogP contribution in [0, 0.1) is 13.8 Å². The van der Waals surface area contributed by atoms with Gasteiger partial charge in [0.2, 0.25) is 0 Å². The number of benzene rings is 1. The van der Waals surface area contributed by atoms with Crippen molar-refractivity contribution in [3.63, 3.8) is 0 Å². The Balaban J connectivity index is 1.51. The van der Waals surface area contributed by atoms with Crippen LogP contribution < -0.4 is 15.4 Å². The molecule has 2 aromatic rings. The van der Waals surface area contributed by atoms with E-state index >= 15 is 0 Å². The van der Waals surface area contributed by atoms with Crippen LogP contribution in [-0.2, 0) is 76.3 Å². The van der Waals surface area contributed by atoms with Gasteiger partial charge in [-0.3, -0.25) is 14.4 Å². The van der Waals surface area contributed by atoms with Crippen LogP contribution in [0.4, 0.5) is 5.69 Å². The Morgan fingerprint density at radius 2 is 1.03 bits per heavy atom. The van der Waals surface area contributed by atoms with Gasteiger partial charge in [0, 0.05) is 35.7 Å². The van der Waals surface area contributed by atoms with Gasteiger partial charge in [-0.2, -0.15) is 0 Å². The number of aromatic nitrogens is 1. The highest BCUT2D eigenvalue weighted by Gasteiger charge is 2.34. The van der Waals surface area contributed by atoms with Crippen molar-refractivity contribution < 1.29 is 85.8 Å². The lowest BCUT2D eigenvalue weighted by atomic mass is 10.0. The zero-order chi connectivity index (χ0) is 52.0. The van der Waals surface area contributed by atoms with E-state index < -0.39 is 102 Å². The fourth-order valence-electron chi connectivity index (χ4n) is 6.26. The number of rotatable bonds is 24. The molecule has 2 heterocycles. The minimum Gasteiger partial charge on any atom is -0.479 e. The maximum absolute atomic E-state index is 13.1. The number of ether oxygens (including phenoxy) is 8. The van der Waals surface area contributed by atoms with Gasteiger partial charge in [-0.15, -0.1) is 0 Å². The summed E-state index contributed by atoms with van der Waals surface area (Å²) >= 11 is 0. The van der Waals surface area contributed by atoms with Crippen LogP contribution in [0.25, 0.3) is 11.6 Å². The molecule has 3 rings (SSSR count). The highest BCUT2D eigenvalue weighted by molar-refractivity contribution is 6.35. The molecule has 8 atom stereocenters. The lowest BCUT2D eigenvalue weighted by Gasteiger charge is -2.21. The summed E-state index contributed by atoms with van der Waals surface area (Å²) in [5.74, 6) is -8.78. The van der Waals surface area contributed by atoms with Crippen LogP contribution in [0.3, 0.4) is 0 Å². The Labute approximate surface area is 399 Å². The third-order valence-electron chi connectivity index (χ3n) is 10.6. The summed E-state index contributed by atoms with van der Waals surface area (Å²) in [6.45, 7) is 21.3. The highest BCUT2D eigenvalue weighted by Crippen LogP contribution is 2.37. The summed E-state index contributed by atoms with van der Waals surface area (Å²) in [7, 11) is 0. The molecule has 2 amide bonds. The molecule has 1 aliphatic rings. The first-order valence-electron chi connectivity index (χ1n) is 22.3. The second kappa shape index (κ2) is 25.3. The number of fused-ring (bicyclic) bond motifs is 1. The van der Waals surface area contributed by atoms with E-state index in [4.69, 9.17) is 37.9 Å². The number of carbonyl (C=O) groups excluding carboxylic acids is 10. The van der Waals surface area contributed by atoms with Crippen molar-refractivity contribution in [2.75, 3.05) is 31.5 Å². The molecule has 22 nitrogen and oxygen atoms in total. The van der Waals surface area contributed by atoms with Gasteiger partial charge in [0.25, 0.3) is 11.8 Å². The average molecular weight is 971 g/mol. The van der Waals surface area contributed by atoms with Gasteiger partial charge in [-0.25, -0.2) is 33.6 Å². The predicted molar refractivity (Wildman–Crippen MR) is 243 cm³/mol. The number of ketones is 1. The molecule has 0 saturated heterocycles. The molecule has 1 aromatic heterocycles. The molecule has 378 valence electrons. The van der Waals surface area contributed by atoms with Crippen LogP contribution >= 0.6 is 0 Å². The van der Waals surface area contributed by atoms with Gasteiger partial charge in [0.05, 0.1) is 11.1 Å². The number of Topliss-reactive ketones (excluding diaryl/α,β-unsaturated/α-hetero) is 1. The number of nitrogens with one attached hydrogen (secondary N) is 3. The fraction of sp³-hybridized carbons (Fsp3) is 0.532. The largest absolute Gasteiger partial charge is 0.479 e. The highest BCUT2D eigenvalue weighted by atomic mass is 16.7. The average Bonchev–Trinajstić information content (AvgIpc) is 3.75. The number of amides is 2. The van der Waals surface area contributed by atoms with Crippen molar-refractivity contribution in [3.05, 3.63) is 46.3 Å². The van der Waals surface area contributed by atoms with Gasteiger partial charge in [0.1, 0.15) is 5.75 Å². The smallest absolute Gasteiger partial charge is 0.347 e. The topological polar surface area (TPSA) is 288 Å². The van der Waals surface area contributed by atoms with Crippen LogP contribution in [0.1, 0.15) is 109 Å². The lowest BCUT2D eigenvalue weighted by Crippen LogP contribution is -2.39. The van der Waals surface area contributed by atoms with Crippen LogP contribution in [-0.4, -0.2) is 144 Å². The number of esters is 7. The number of aromatic amines is 1. The third kappa shape index (κ3) is 15.7. The first-order valence-corrected chi connectivity index (χ1v) is 22.3. The molecule has 0 aliphatic carbocycles. The number of likely N-dealkylation sites (N-methyl/N-ethyl adjacent to an activating group) is 1. The summed E-state index contributed by atoms with van der Waals surface area (Å²) in [5.41, 5.74) is 3.54. The van der Waals surface area contributed by atoms with Crippen LogP contribution in [0.2, 0.25) is 0 Å². The van der Waals surface area contributed by atoms with E-state index in [1.807, 2.05) is 0 Å². The first-order chi connectivity index (χ1) is 32.3. The quantitative estimate of drug-likeness (QED) is 0.0774. The standard InChI is InChI=1S/C47H62N4O18/c1-14-51(15-2)19-18-48-40(54)38-22(3)37(49-23(38)4)21-35-34-20-33(16-17-36(34)50-39(35)53)62-26(7)41(55)64-28(9)43(57)66-30(11)45(59)68-32(13)47(61)69-31(12)46(60)67-29(10)44(58)65-27(8)42(56)63-25(6)24(5)52/h16-17,20-21,25-32,49H,14-15,18-19H2,1-13H3,(H,48,54)(H,50,53)/b35-21-. The number of H-pyrrole nitrogens is 1. The number of hydrogen-bond acceptors (Lipinski definition) is 19. The Hall–Kier alpha value is -7.10. The third-order valence-corrected chi connectivity index (χ3v) is 10.6. The molecule has 0 fully saturated rings. The van der Waals surface area contributed by atoms with E-state index in [-0.39, 0.29) is 17.2 Å². The van der Waals surface area contributed by atoms with E-state index in [1.54, 1.807) is 32.1 Å². The van der Waals surface area contributed by atoms with Gasteiger partial charge < -0.3 is 58.4 Å². The molecular formula is C47H62N4O18. The first kappa shape index (κ1) is 56.2. The van der Waals surface area contributed by atoms with E-state index in [2.05, 4.69) is 34.4 Å². The van der Waals surface area contributed by atoms with Crippen molar-refractivity contribution >= 4 is 76.7 Å². The van der Waals surface area contributed by atoms with Crippen molar-refractivity contribution in [2.24, 2.45) is 0 Å². The predicted octanol–water partition coefficient (Wildman–Crippen LogP) is 3.07. The molecule has 1 aromatic carbocycles. The normalized spacial score (nSPS) is 15.9. The van der Waals surface area contributed by atoms with Gasteiger partial charge in [0.15, 0.2) is 54.6 Å². The summed E-state index contributed by atoms with van der Waals surface area (Å²) in [4.78, 5) is 131. The maximum atomic E-state index is 13.1. The zero-order valence-electron chi connectivity index (χ0n) is 41.1. The van der Waals surface area contributed by atoms with Crippen molar-refractivity contribution in [3.8, 4) is 5.75 Å². The van der Waals surface area contributed by atoms with E-state index in [9.17, 15) is 47.9 Å². The van der Waals surface area contributed by atoms with Crippen molar-refractivity contribution in [1.82, 2.24) is 15.2 Å². The lowest BCUT2D eigenvalue weighted by molar-refractivity contribution is -0.188. The van der Waals surface area contributed by atoms with E-state index in [1.165, 1.54) is 40.7 Å². The molecule has 0 saturated carbocycles. The van der Waals surface area contributed by atoms with Gasteiger partial charge in [-0.05, 0) is 119 Å². The molecule has 0 bridgehead atoms. The van der Waals surface area contributed by atoms with Crippen LogP contribution in [0.5, 0.6) is 5.75 Å². The zero-order valence-corrected chi connectivity index (χ0v) is 41.1. The Morgan fingerprint density at radius 1 is 0.623 bits per heavy atom. The number of aryl methyl sites for hydroxylation is 1. The number of anilines is 1. The number of nitrogens with zero attached hydrogens (tertiary/aromatic N) is 1. The van der Waals surface area contributed by atoms with E-state index in [0.717, 1.165) is 40.8 Å². The monoisotopic (exact) mass is 970 g/mol. The molecule has 1 aliphatic heterocycles. The Bertz CT molecular complexity index is 2320.